The lowest BCUT2D eigenvalue weighted by Crippen LogP contribution is -2.15. The number of nitrogens with one attached hydrogen (secondary N) is 1. The first kappa shape index (κ1) is 23.0. The van der Waals surface area contributed by atoms with Crippen LogP contribution in [0, 0.1) is 12.8 Å². The number of benzene rings is 1. The Balaban J connectivity index is 1.65. The maximum Gasteiger partial charge on any atom is 0.433 e. The van der Waals surface area contributed by atoms with E-state index >= 15 is 0 Å². The molecule has 0 saturated carbocycles. The largest absolute Gasteiger partial charge is 0.493 e. The van der Waals surface area contributed by atoms with Gasteiger partial charge in [0.15, 0.2) is 11.5 Å². The van der Waals surface area contributed by atoms with Crippen molar-refractivity contribution in [3.63, 3.8) is 0 Å². The fraction of sp³-hybridized carbons (Fsp3) is 0.435. The highest BCUT2D eigenvalue weighted by atomic mass is 19.4. The van der Waals surface area contributed by atoms with Crippen LogP contribution in [0.1, 0.15) is 36.6 Å². The number of nitrogens with zero attached hydrogens (tertiary/aromatic N) is 3. The van der Waals surface area contributed by atoms with Gasteiger partial charge < -0.3 is 19.5 Å². The molecule has 2 aromatic heterocycles. The second-order valence-corrected chi connectivity index (χ2v) is 7.99. The summed E-state index contributed by atoms with van der Waals surface area (Å²) in [5.41, 5.74) is -0.0586. The van der Waals surface area contributed by atoms with E-state index in [1.54, 1.807) is 39.2 Å². The second-order valence-electron chi connectivity index (χ2n) is 7.99. The molecule has 0 bridgehead atoms. The molecule has 4 rings (SSSR count). The molecule has 0 aliphatic carbocycles. The normalized spacial score (nSPS) is 17.2. The SMILES string of the molecule is COc1cc2nc(C)nc(N[C@H](C)c3cccc(C(F)(F)F)n3)c2cc1OCC1CCOC1. The first-order valence-electron chi connectivity index (χ1n) is 10.6. The molecule has 1 aliphatic rings. The van der Waals surface area contributed by atoms with Crippen molar-refractivity contribution in [1.29, 1.82) is 0 Å². The molecular formula is C23H25F3N4O3. The molecule has 0 amide bonds. The highest BCUT2D eigenvalue weighted by Gasteiger charge is 2.32. The lowest BCUT2D eigenvalue weighted by atomic mass is 10.1. The van der Waals surface area contributed by atoms with Crippen LogP contribution in [-0.2, 0) is 10.9 Å². The molecule has 7 nitrogen and oxygen atoms in total. The van der Waals surface area contributed by atoms with Gasteiger partial charge >= 0.3 is 6.18 Å². The molecule has 3 heterocycles. The number of methoxy groups -OCH3 is 1. The summed E-state index contributed by atoms with van der Waals surface area (Å²) in [4.78, 5) is 12.7. The fourth-order valence-electron chi connectivity index (χ4n) is 3.69. The number of hydrogen-bond donors (Lipinski definition) is 1. The van der Waals surface area contributed by atoms with E-state index in [2.05, 4.69) is 20.3 Å². The zero-order valence-electron chi connectivity index (χ0n) is 18.6. The van der Waals surface area contributed by atoms with Crippen LogP contribution in [-0.4, -0.2) is 41.9 Å². The van der Waals surface area contributed by atoms with Crippen LogP contribution >= 0.6 is 0 Å². The van der Waals surface area contributed by atoms with Gasteiger partial charge in [0.2, 0.25) is 0 Å². The summed E-state index contributed by atoms with van der Waals surface area (Å²) in [5, 5.41) is 3.85. The summed E-state index contributed by atoms with van der Waals surface area (Å²) in [6.45, 7) is 5.35. The van der Waals surface area contributed by atoms with E-state index in [4.69, 9.17) is 14.2 Å². The molecule has 10 heteroatoms. The standard InChI is InChI=1S/C23H25F3N4O3/c1-13(17-5-4-6-21(30-17)23(24,25)26)27-22-16-9-20(33-12-15-7-8-32-11-15)19(31-3)10-18(16)28-14(2)29-22/h4-6,9-10,13,15H,7-8,11-12H2,1-3H3,(H,27,28,29)/t13-,15?/m1/s1. The van der Waals surface area contributed by atoms with Crippen molar-refractivity contribution >= 4 is 16.7 Å². The molecular weight excluding hydrogens is 437 g/mol. The van der Waals surface area contributed by atoms with Gasteiger partial charge in [-0.1, -0.05) is 6.07 Å². The number of pyridine rings is 1. The van der Waals surface area contributed by atoms with E-state index in [0.29, 0.717) is 53.2 Å². The fourth-order valence-corrected chi connectivity index (χ4v) is 3.69. The predicted molar refractivity (Wildman–Crippen MR) is 117 cm³/mol. The van der Waals surface area contributed by atoms with Crippen LogP contribution in [0.2, 0.25) is 0 Å². The number of aryl methyl sites for hydroxylation is 1. The Labute approximate surface area is 189 Å². The van der Waals surface area contributed by atoms with Crippen LogP contribution < -0.4 is 14.8 Å². The van der Waals surface area contributed by atoms with Crippen molar-refractivity contribution in [3.8, 4) is 11.5 Å². The summed E-state index contributed by atoms with van der Waals surface area (Å²) in [6.07, 6.45) is -3.58. The maximum atomic E-state index is 13.1. The van der Waals surface area contributed by atoms with Crippen molar-refractivity contribution in [3.05, 3.63) is 47.5 Å². The Kier molecular flexibility index (Phi) is 6.55. The molecule has 1 N–H and O–H groups in total. The van der Waals surface area contributed by atoms with Gasteiger partial charge in [0.05, 0.1) is 37.6 Å². The van der Waals surface area contributed by atoms with E-state index in [1.807, 2.05) is 0 Å². The number of fused-ring (bicyclic) bond motifs is 1. The van der Waals surface area contributed by atoms with E-state index in [1.165, 1.54) is 6.07 Å². The maximum absolute atomic E-state index is 13.1. The molecule has 2 atom stereocenters. The number of ether oxygens (including phenoxy) is 3. The van der Waals surface area contributed by atoms with E-state index in [0.717, 1.165) is 19.1 Å². The van der Waals surface area contributed by atoms with E-state index in [9.17, 15) is 13.2 Å². The van der Waals surface area contributed by atoms with Crippen LogP contribution in [0.25, 0.3) is 10.9 Å². The number of hydrogen-bond acceptors (Lipinski definition) is 7. The Morgan fingerprint density at radius 3 is 2.70 bits per heavy atom. The van der Waals surface area contributed by atoms with Gasteiger partial charge in [-0.2, -0.15) is 13.2 Å². The minimum absolute atomic E-state index is 0.250. The van der Waals surface area contributed by atoms with Gasteiger partial charge in [-0.3, -0.25) is 0 Å². The quantitative estimate of drug-likeness (QED) is 0.532. The van der Waals surface area contributed by atoms with Crippen LogP contribution in [0.15, 0.2) is 30.3 Å². The molecule has 1 saturated heterocycles. The van der Waals surface area contributed by atoms with E-state index in [-0.39, 0.29) is 5.69 Å². The number of alkyl halides is 3. The van der Waals surface area contributed by atoms with Gasteiger partial charge in [0.1, 0.15) is 17.3 Å². The van der Waals surface area contributed by atoms with Gasteiger partial charge in [-0.15, -0.1) is 0 Å². The van der Waals surface area contributed by atoms with Crippen LogP contribution in [0.5, 0.6) is 11.5 Å². The summed E-state index contributed by atoms with van der Waals surface area (Å²) < 4.78 is 56.2. The third-order valence-electron chi connectivity index (χ3n) is 5.45. The molecule has 1 aromatic carbocycles. The Morgan fingerprint density at radius 2 is 2.00 bits per heavy atom. The van der Waals surface area contributed by atoms with Crippen LogP contribution in [0.4, 0.5) is 19.0 Å². The van der Waals surface area contributed by atoms with Gasteiger partial charge in [-0.05, 0) is 38.5 Å². The molecule has 0 spiro atoms. The summed E-state index contributed by atoms with van der Waals surface area (Å²) in [7, 11) is 1.56. The molecule has 1 fully saturated rings. The zero-order chi connectivity index (χ0) is 23.6. The molecule has 0 radical (unpaired) electrons. The van der Waals surface area contributed by atoms with Crippen molar-refractivity contribution in [2.24, 2.45) is 5.92 Å². The smallest absolute Gasteiger partial charge is 0.433 e. The second kappa shape index (κ2) is 9.38. The van der Waals surface area contributed by atoms with Crippen molar-refractivity contribution in [1.82, 2.24) is 15.0 Å². The average Bonchev–Trinajstić information content (AvgIpc) is 3.30. The molecule has 1 unspecified atom stereocenters. The highest BCUT2D eigenvalue weighted by Crippen LogP contribution is 2.36. The number of anilines is 1. The monoisotopic (exact) mass is 462 g/mol. The number of aromatic nitrogens is 3. The molecule has 176 valence electrons. The zero-order valence-corrected chi connectivity index (χ0v) is 18.6. The first-order chi connectivity index (χ1) is 15.7. The summed E-state index contributed by atoms with van der Waals surface area (Å²) in [5.74, 6) is 2.37. The van der Waals surface area contributed by atoms with Crippen molar-refractivity contribution in [2.45, 2.75) is 32.5 Å². The Bertz CT molecular complexity index is 1130. The minimum atomic E-state index is -4.51. The highest BCUT2D eigenvalue weighted by molar-refractivity contribution is 5.92. The topological polar surface area (TPSA) is 78.4 Å². The Hall–Kier alpha value is -3.14. The lowest BCUT2D eigenvalue weighted by molar-refractivity contribution is -0.141. The van der Waals surface area contributed by atoms with E-state index < -0.39 is 17.9 Å². The Morgan fingerprint density at radius 1 is 1.18 bits per heavy atom. The number of halogens is 3. The molecule has 33 heavy (non-hydrogen) atoms. The first-order valence-corrected chi connectivity index (χ1v) is 10.6. The third-order valence-corrected chi connectivity index (χ3v) is 5.45. The lowest BCUT2D eigenvalue weighted by Gasteiger charge is -2.19. The molecule has 3 aromatic rings. The van der Waals surface area contributed by atoms with Crippen molar-refractivity contribution < 1.29 is 27.4 Å². The van der Waals surface area contributed by atoms with Crippen molar-refractivity contribution in [2.75, 3.05) is 32.2 Å². The van der Waals surface area contributed by atoms with Gasteiger partial charge in [0, 0.05) is 24.0 Å². The third kappa shape index (κ3) is 5.27. The minimum Gasteiger partial charge on any atom is -0.493 e. The van der Waals surface area contributed by atoms with Crippen LogP contribution in [0.3, 0.4) is 0 Å². The summed E-state index contributed by atoms with van der Waals surface area (Å²) >= 11 is 0. The average molecular weight is 462 g/mol. The molecule has 1 aliphatic heterocycles. The number of rotatable bonds is 7. The summed E-state index contributed by atoms with van der Waals surface area (Å²) in [6, 6.07) is 6.86. The van der Waals surface area contributed by atoms with Gasteiger partial charge in [0.25, 0.3) is 0 Å². The predicted octanol–water partition coefficient (Wildman–Crippen LogP) is 4.95. The van der Waals surface area contributed by atoms with Gasteiger partial charge in [-0.25, -0.2) is 15.0 Å².